The quantitative estimate of drug-likeness (QED) is 0.577. The summed E-state index contributed by atoms with van der Waals surface area (Å²) in [6.07, 6.45) is -1.02. The fraction of sp³-hybridized carbons (Fsp3) is 0.400. The van der Waals surface area contributed by atoms with Crippen molar-refractivity contribution >= 4 is 0 Å². The maximum absolute atomic E-state index is 9.85. The molecule has 0 radical (unpaired) electrons. The Bertz CT molecular complexity index is 355. The minimum atomic E-state index is -1.02. The lowest BCUT2D eigenvalue weighted by Crippen LogP contribution is -2.24. The fourth-order valence-electron chi connectivity index (χ4n) is 1.09. The third-order valence-corrected chi connectivity index (χ3v) is 1.80. The lowest BCUT2D eigenvalue weighted by Gasteiger charge is -2.11. The molecule has 0 heterocycles. The molecule has 0 saturated heterocycles. The Kier molecular flexibility index (Phi) is 4.53. The molecule has 88 valence electrons. The monoisotopic (exact) mass is 227 g/mol. The van der Waals surface area contributed by atoms with Gasteiger partial charge in [-0.15, -0.1) is 10.1 Å². The van der Waals surface area contributed by atoms with Crippen molar-refractivity contribution in [1.82, 2.24) is 0 Å². The van der Waals surface area contributed by atoms with Crippen LogP contribution in [0, 0.1) is 17.0 Å². The molecule has 0 saturated carbocycles. The van der Waals surface area contributed by atoms with Gasteiger partial charge in [0.25, 0.3) is 5.09 Å². The number of ether oxygens (including phenoxy) is 1. The lowest BCUT2D eigenvalue weighted by molar-refractivity contribution is -0.759. The highest BCUT2D eigenvalue weighted by Gasteiger charge is 2.07. The van der Waals surface area contributed by atoms with Crippen LogP contribution in [0.15, 0.2) is 24.3 Å². The van der Waals surface area contributed by atoms with Gasteiger partial charge in [0.2, 0.25) is 0 Å². The van der Waals surface area contributed by atoms with E-state index in [0.29, 0.717) is 5.75 Å². The molecule has 1 atom stereocenters. The van der Waals surface area contributed by atoms with E-state index in [2.05, 4.69) is 4.84 Å². The van der Waals surface area contributed by atoms with Crippen LogP contribution in [0.3, 0.4) is 0 Å². The number of aliphatic hydroxyl groups excluding tert-OH is 1. The van der Waals surface area contributed by atoms with Gasteiger partial charge in [-0.2, -0.15) is 0 Å². The zero-order valence-electron chi connectivity index (χ0n) is 8.83. The second-order valence-electron chi connectivity index (χ2n) is 3.30. The first-order valence-electron chi connectivity index (χ1n) is 4.73. The molecule has 1 unspecified atom stereocenters. The van der Waals surface area contributed by atoms with Crippen LogP contribution in [-0.4, -0.2) is 29.5 Å². The van der Waals surface area contributed by atoms with Gasteiger partial charge >= 0.3 is 0 Å². The summed E-state index contributed by atoms with van der Waals surface area (Å²) in [5, 5.41) is 18.2. The van der Waals surface area contributed by atoms with Crippen molar-refractivity contribution in [1.29, 1.82) is 0 Å². The van der Waals surface area contributed by atoms with Crippen LogP contribution >= 0.6 is 0 Å². The van der Waals surface area contributed by atoms with Gasteiger partial charge in [0, 0.05) is 0 Å². The normalized spacial score (nSPS) is 11.9. The van der Waals surface area contributed by atoms with E-state index < -0.39 is 17.8 Å². The van der Waals surface area contributed by atoms with Crippen molar-refractivity contribution in [2.45, 2.75) is 13.0 Å². The Labute approximate surface area is 92.5 Å². The molecular formula is C10H13NO5. The van der Waals surface area contributed by atoms with Crippen LogP contribution in [-0.2, 0) is 4.84 Å². The molecule has 0 aliphatic rings. The summed E-state index contributed by atoms with van der Waals surface area (Å²) in [4.78, 5) is 13.9. The zero-order valence-corrected chi connectivity index (χ0v) is 8.83. The standard InChI is InChI=1S/C10H13NO5/c1-8-3-2-4-10(5-8)15-6-9(12)7-16-11(13)14/h2-5,9,12H,6-7H2,1H3. The summed E-state index contributed by atoms with van der Waals surface area (Å²) in [6, 6.07) is 7.29. The van der Waals surface area contributed by atoms with Crippen molar-refractivity contribution in [2.24, 2.45) is 0 Å². The highest BCUT2D eigenvalue weighted by Crippen LogP contribution is 2.12. The molecule has 1 N–H and O–H groups in total. The SMILES string of the molecule is Cc1cccc(OCC(O)CO[N+](=O)[O-])c1. The van der Waals surface area contributed by atoms with E-state index in [1.807, 2.05) is 19.1 Å². The largest absolute Gasteiger partial charge is 0.491 e. The first kappa shape index (κ1) is 12.3. The maximum atomic E-state index is 9.85. The number of benzene rings is 1. The summed E-state index contributed by atoms with van der Waals surface area (Å²) < 4.78 is 5.23. The number of rotatable bonds is 6. The highest BCUT2D eigenvalue weighted by atomic mass is 17.0. The molecule has 6 heteroatoms. The van der Waals surface area contributed by atoms with E-state index in [0.717, 1.165) is 5.56 Å². The summed E-state index contributed by atoms with van der Waals surface area (Å²) in [7, 11) is 0. The predicted molar refractivity (Wildman–Crippen MR) is 55.6 cm³/mol. The number of nitrogens with zero attached hydrogens (tertiary/aromatic N) is 1. The van der Waals surface area contributed by atoms with Gasteiger partial charge in [0.1, 0.15) is 25.1 Å². The van der Waals surface area contributed by atoms with Crippen molar-refractivity contribution < 1.29 is 19.8 Å². The summed E-state index contributed by atoms with van der Waals surface area (Å²) in [5.41, 5.74) is 1.04. The Hall–Kier alpha value is -1.82. The Morgan fingerprint density at radius 1 is 1.50 bits per heavy atom. The molecule has 0 aliphatic heterocycles. The average molecular weight is 227 g/mol. The van der Waals surface area contributed by atoms with Crippen molar-refractivity contribution in [3.8, 4) is 5.75 Å². The number of hydrogen-bond acceptors (Lipinski definition) is 5. The van der Waals surface area contributed by atoms with E-state index in [1.165, 1.54) is 0 Å². The van der Waals surface area contributed by atoms with E-state index >= 15 is 0 Å². The summed E-state index contributed by atoms with van der Waals surface area (Å²) in [5.74, 6) is 0.611. The van der Waals surface area contributed by atoms with Crippen LogP contribution in [0.5, 0.6) is 5.75 Å². The second kappa shape index (κ2) is 5.92. The lowest BCUT2D eigenvalue weighted by atomic mass is 10.2. The smallest absolute Gasteiger partial charge is 0.294 e. The third-order valence-electron chi connectivity index (χ3n) is 1.80. The minimum Gasteiger partial charge on any atom is -0.491 e. The molecule has 0 aliphatic carbocycles. The van der Waals surface area contributed by atoms with Gasteiger partial charge in [-0.1, -0.05) is 12.1 Å². The third kappa shape index (κ3) is 4.61. The van der Waals surface area contributed by atoms with Crippen LogP contribution in [0.25, 0.3) is 0 Å². The van der Waals surface area contributed by atoms with E-state index in [1.54, 1.807) is 12.1 Å². The van der Waals surface area contributed by atoms with Gasteiger partial charge in [-0.25, -0.2) is 0 Å². The van der Waals surface area contributed by atoms with Crippen LogP contribution in [0.4, 0.5) is 0 Å². The molecule has 0 aromatic heterocycles. The predicted octanol–water partition coefficient (Wildman–Crippen LogP) is 0.943. The minimum absolute atomic E-state index is 0.0444. The van der Waals surface area contributed by atoms with E-state index in [-0.39, 0.29) is 6.61 Å². The van der Waals surface area contributed by atoms with Gasteiger partial charge in [-0.3, -0.25) is 0 Å². The Balaban J connectivity index is 2.31. The molecular weight excluding hydrogens is 214 g/mol. The topological polar surface area (TPSA) is 81.8 Å². The van der Waals surface area contributed by atoms with Gasteiger partial charge < -0.3 is 14.7 Å². The van der Waals surface area contributed by atoms with Crippen LogP contribution in [0.1, 0.15) is 5.56 Å². The van der Waals surface area contributed by atoms with E-state index in [4.69, 9.17) is 4.74 Å². The Morgan fingerprint density at radius 3 is 2.88 bits per heavy atom. The Morgan fingerprint density at radius 2 is 2.25 bits per heavy atom. The molecule has 1 aromatic carbocycles. The first-order valence-corrected chi connectivity index (χ1v) is 4.73. The summed E-state index contributed by atoms with van der Waals surface area (Å²) in [6.45, 7) is 1.48. The molecule has 0 bridgehead atoms. The van der Waals surface area contributed by atoms with Crippen molar-refractivity contribution in [3.63, 3.8) is 0 Å². The molecule has 16 heavy (non-hydrogen) atoms. The first-order chi connectivity index (χ1) is 7.58. The molecule has 6 nitrogen and oxygen atoms in total. The number of aryl methyl sites for hydroxylation is 1. The zero-order chi connectivity index (χ0) is 12.0. The van der Waals surface area contributed by atoms with Gasteiger partial charge in [-0.05, 0) is 24.6 Å². The molecule has 0 fully saturated rings. The molecule has 1 aromatic rings. The second-order valence-corrected chi connectivity index (χ2v) is 3.30. The number of aliphatic hydroxyl groups is 1. The van der Waals surface area contributed by atoms with Crippen LogP contribution in [0.2, 0.25) is 0 Å². The fourth-order valence-corrected chi connectivity index (χ4v) is 1.09. The van der Waals surface area contributed by atoms with E-state index in [9.17, 15) is 15.2 Å². The van der Waals surface area contributed by atoms with Crippen molar-refractivity contribution in [3.05, 3.63) is 39.9 Å². The molecule has 0 spiro atoms. The van der Waals surface area contributed by atoms with Crippen LogP contribution < -0.4 is 4.74 Å². The van der Waals surface area contributed by atoms with Gasteiger partial charge in [0.05, 0.1) is 0 Å². The average Bonchev–Trinajstić information content (AvgIpc) is 2.23. The number of hydrogen-bond donors (Lipinski definition) is 1. The van der Waals surface area contributed by atoms with Gasteiger partial charge in [0.15, 0.2) is 0 Å². The summed E-state index contributed by atoms with van der Waals surface area (Å²) >= 11 is 0. The maximum Gasteiger partial charge on any atom is 0.294 e. The molecule has 0 amide bonds. The molecule has 1 rings (SSSR count). The van der Waals surface area contributed by atoms with Crippen molar-refractivity contribution in [2.75, 3.05) is 13.2 Å². The highest BCUT2D eigenvalue weighted by molar-refractivity contribution is 5.27.